The van der Waals surface area contributed by atoms with Crippen molar-refractivity contribution >= 4 is 11.7 Å². The van der Waals surface area contributed by atoms with E-state index in [9.17, 15) is 4.79 Å². The number of rotatable bonds is 7. The number of methoxy groups -OCH3 is 1. The quantitative estimate of drug-likeness (QED) is 0.620. The molecule has 0 aliphatic carbocycles. The van der Waals surface area contributed by atoms with Gasteiger partial charge in [0, 0.05) is 31.2 Å². The fraction of sp³-hybridized carbons (Fsp3) is 0.190. The minimum atomic E-state index is -0.287. The zero-order valence-electron chi connectivity index (χ0n) is 15.7. The first-order valence-electron chi connectivity index (χ1n) is 8.68. The van der Waals surface area contributed by atoms with E-state index in [1.54, 1.807) is 25.4 Å². The number of ether oxygens (including phenoxy) is 1. The molecule has 142 valence electrons. The van der Waals surface area contributed by atoms with Gasteiger partial charge in [-0.15, -0.1) is 6.42 Å². The first kappa shape index (κ1) is 19.0. The molecule has 0 bridgehead atoms. The van der Waals surface area contributed by atoms with E-state index in [0.717, 1.165) is 17.1 Å². The number of hydrogen-bond acceptors (Lipinski definition) is 5. The molecule has 2 aromatic heterocycles. The van der Waals surface area contributed by atoms with Crippen LogP contribution < -0.4 is 15.4 Å². The molecule has 0 radical (unpaired) electrons. The van der Waals surface area contributed by atoms with Crippen LogP contribution in [-0.2, 0) is 7.05 Å². The van der Waals surface area contributed by atoms with Gasteiger partial charge in [0.1, 0.15) is 23.4 Å². The molecule has 1 unspecified atom stereocenters. The fourth-order valence-electron chi connectivity index (χ4n) is 2.84. The van der Waals surface area contributed by atoms with Crippen molar-refractivity contribution in [3.05, 3.63) is 71.9 Å². The third-order valence-corrected chi connectivity index (χ3v) is 4.24. The van der Waals surface area contributed by atoms with E-state index >= 15 is 0 Å². The summed E-state index contributed by atoms with van der Waals surface area (Å²) in [5.41, 5.74) is 1.36. The SMILES string of the molecule is C#CCNC(=O)c1ccc(NC(c2ccccc2OC)c2nccn2C)nc1. The predicted octanol–water partition coefficient (Wildman–Crippen LogP) is 2.39. The first-order chi connectivity index (χ1) is 13.6. The molecule has 0 aliphatic heterocycles. The van der Waals surface area contributed by atoms with Crippen LogP contribution in [0.15, 0.2) is 55.0 Å². The smallest absolute Gasteiger partial charge is 0.253 e. The van der Waals surface area contributed by atoms with Crippen molar-refractivity contribution in [1.29, 1.82) is 0 Å². The van der Waals surface area contributed by atoms with Crippen LogP contribution in [0.5, 0.6) is 5.75 Å². The highest BCUT2D eigenvalue weighted by Gasteiger charge is 2.22. The molecule has 3 aromatic rings. The number of aryl methyl sites for hydroxylation is 1. The van der Waals surface area contributed by atoms with E-state index in [0.29, 0.717) is 11.4 Å². The summed E-state index contributed by atoms with van der Waals surface area (Å²) in [6.07, 6.45) is 10.3. The number of carbonyl (C=O) groups excluding carboxylic acids is 1. The highest BCUT2D eigenvalue weighted by atomic mass is 16.5. The molecule has 0 saturated carbocycles. The Balaban J connectivity index is 1.90. The maximum absolute atomic E-state index is 12.0. The van der Waals surface area contributed by atoms with Crippen LogP contribution in [0.4, 0.5) is 5.82 Å². The summed E-state index contributed by atoms with van der Waals surface area (Å²) in [5.74, 6) is 4.26. The lowest BCUT2D eigenvalue weighted by Gasteiger charge is -2.21. The number of pyridine rings is 1. The minimum Gasteiger partial charge on any atom is -0.496 e. The molecular formula is C21H21N5O2. The van der Waals surface area contributed by atoms with Crippen molar-refractivity contribution in [3.63, 3.8) is 0 Å². The molecule has 7 nitrogen and oxygen atoms in total. The molecule has 1 aromatic carbocycles. The number of amides is 1. The Labute approximate surface area is 163 Å². The predicted molar refractivity (Wildman–Crippen MR) is 107 cm³/mol. The van der Waals surface area contributed by atoms with Crippen LogP contribution in [0, 0.1) is 12.3 Å². The van der Waals surface area contributed by atoms with Gasteiger partial charge in [-0.1, -0.05) is 24.1 Å². The molecule has 2 N–H and O–H groups in total. The molecule has 28 heavy (non-hydrogen) atoms. The highest BCUT2D eigenvalue weighted by molar-refractivity contribution is 5.94. The number of anilines is 1. The van der Waals surface area contributed by atoms with Gasteiger partial charge in [0.2, 0.25) is 0 Å². The molecule has 1 amide bonds. The first-order valence-corrected chi connectivity index (χ1v) is 8.68. The maximum atomic E-state index is 12.0. The normalized spacial score (nSPS) is 11.3. The van der Waals surface area contributed by atoms with E-state index in [1.165, 1.54) is 6.20 Å². The second-order valence-corrected chi connectivity index (χ2v) is 6.03. The lowest BCUT2D eigenvalue weighted by molar-refractivity contribution is 0.0958. The van der Waals surface area contributed by atoms with Crippen molar-refractivity contribution in [3.8, 4) is 18.1 Å². The van der Waals surface area contributed by atoms with Crippen molar-refractivity contribution in [1.82, 2.24) is 19.9 Å². The fourth-order valence-corrected chi connectivity index (χ4v) is 2.84. The zero-order valence-corrected chi connectivity index (χ0v) is 15.7. The summed E-state index contributed by atoms with van der Waals surface area (Å²) in [6.45, 7) is 0.174. The van der Waals surface area contributed by atoms with Crippen molar-refractivity contribution in [2.75, 3.05) is 19.0 Å². The summed E-state index contributed by atoms with van der Waals surface area (Å²) >= 11 is 0. The lowest BCUT2D eigenvalue weighted by Crippen LogP contribution is -2.23. The van der Waals surface area contributed by atoms with E-state index in [4.69, 9.17) is 11.2 Å². The van der Waals surface area contributed by atoms with Gasteiger partial charge in [0.15, 0.2) is 0 Å². The molecule has 2 heterocycles. The second kappa shape index (κ2) is 8.73. The Kier molecular flexibility index (Phi) is 5.92. The minimum absolute atomic E-state index is 0.174. The van der Waals surface area contributed by atoms with Crippen LogP contribution in [0.1, 0.15) is 27.8 Å². The number of nitrogens with zero attached hydrogens (tertiary/aromatic N) is 3. The molecule has 3 rings (SSSR count). The molecular weight excluding hydrogens is 354 g/mol. The number of nitrogens with one attached hydrogen (secondary N) is 2. The van der Waals surface area contributed by atoms with Crippen molar-refractivity contribution in [2.45, 2.75) is 6.04 Å². The Hall–Kier alpha value is -3.79. The van der Waals surface area contributed by atoms with Crippen LogP contribution in [0.2, 0.25) is 0 Å². The van der Waals surface area contributed by atoms with Crippen LogP contribution in [-0.4, -0.2) is 34.1 Å². The largest absolute Gasteiger partial charge is 0.496 e. The number of para-hydroxylation sites is 1. The topological polar surface area (TPSA) is 81.1 Å². The Morgan fingerprint density at radius 3 is 2.75 bits per heavy atom. The van der Waals surface area contributed by atoms with Crippen LogP contribution in [0.25, 0.3) is 0 Å². The van der Waals surface area contributed by atoms with Crippen molar-refractivity contribution in [2.24, 2.45) is 7.05 Å². The Bertz CT molecular complexity index is 989. The van der Waals surface area contributed by atoms with Crippen LogP contribution >= 0.6 is 0 Å². The average Bonchev–Trinajstić information content (AvgIpc) is 3.16. The number of aromatic nitrogens is 3. The highest BCUT2D eigenvalue weighted by Crippen LogP contribution is 2.31. The second-order valence-electron chi connectivity index (χ2n) is 6.03. The molecule has 0 spiro atoms. The van der Waals surface area contributed by atoms with Gasteiger partial charge < -0.3 is 19.9 Å². The summed E-state index contributed by atoms with van der Waals surface area (Å²) in [7, 11) is 3.56. The molecule has 0 aliphatic rings. The van der Waals surface area contributed by atoms with Gasteiger partial charge >= 0.3 is 0 Å². The number of benzene rings is 1. The average molecular weight is 375 g/mol. The third-order valence-electron chi connectivity index (χ3n) is 4.24. The number of imidazole rings is 1. The summed E-state index contributed by atoms with van der Waals surface area (Å²) < 4.78 is 7.46. The number of terminal acetylenes is 1. The van der Waals surface area contributed by atoms with E-state index in [-0.39, 0.29) is 18.5 Å². The van der Waals surface area contributed by atoms with Gasteiger partial charge in [0.05, 0.1) is 19.2 Å². The molecule has 7 heteroatoms. The Morgan fingerprint density at radius 1 is 1.29 bits per heavy atom. The van der Waals surface area contributed by atoms with E-state index in [1.807, 2.05) is 42.1 Å². The van der Waals surface area contributed by atoms with Gasteiger partial charge in [-0.25, -0.2) is 9.97 Å². The van der Waals surface area contributed by atoms with E-state index in [2.05, 4.69) is 26.5 Å². The molecule has 0 saturated heterocycles. The van der Waals surface area contributed by atoms with Crippen LogP contribution in [0.3, 0.4) is 0 Å². The number of carbonyl (C=O) groups is 1. The monoisotopic (exact) mass is 375 g/mol. The molecule has 1 atom stereocenters. The van der Waals surface area contributed by atoms with Gasteiger partial charge in [-0.3, -0.25) is 4.79 Å². The van der Waals surface area contributed by atoms with Gasteiger partial charge in [0.25, 0.3) is 5.91 Å². The number of hydrogen-bond donors (Lipinski definition) is 2. The zero-order chi connectivity index (χ0) is 19.9. The maximum Gasteiger partial charge on any atom is 0.253 e. The van der Waals surface area contributed by atoms with E-state index < -0.39 is 0 Å². The Morgan fingerprint density at radius 2 is 2.11 bits per heavy atom. The summed E-state index contributed by atoms with van der Waals surface area (Å²) in [5, 5.41) is 6.00. The van der Waals surface area contributed by atoms with Gasteiger partial charge in [-0.05, 0) is 18.2 Å². The molecule has 0 fully saturated rings. The summed E-state index contributed by atoms with van der Waals surface area (Å²) in [6, 6.07) is 10.9. The van der Waals surface area contributed by atoms with Gasteiger partial charge in [-0.2, -0.15) is 0 Å². The van der Waals surface area contributed by atoms with Crippen molar-refractivity contribution < 1.29 is 9.53 Å². The standard InChI is InChI=1S/C21H21N5O2/c1-4-11-23-21(27)15-9-10-18(24-14-15)25-19(20-22-12-13-26(20)2)16-7-5-6-8-17(16)28-3/h1,5-10,12-14,19H,11H2,2-3H3,(H,23,27)(H,24,25). The summed E-state index contributed by atoms with van der Waals surface area (Å²) in [4.78, 5) is 20.8. The lowest BCUT2D eigenvalue weighted by atomic mass is 10.0. The third kappa shape index (κ3) is 4.13.